The van der Waals surface area contributed by atoms with E-state index in [9.17, 15) is 0 Å². The van der Waals surface area contributed by atoms with Gasteiger partial charge in [-0.2, -0.15) is 0 Å². The highest BCUT2D eigenvalue weighted by Crippen LogP contribution is 2.26. The second kappa shape index (κ2) is 7.95. The first-order valence-electron chi connectivity index (χ1n) is 6.34. The van der Waals surface area contributed by atoms with E-state index in [1.807, 2.05) is 45.2 Å². The zero-order chi connectivity index (χ0) is 13.4. The van der Waals surface area contributed by atoms with Gasteiger partial charge in [-0.3, -0.25) is 4.90 Å². The van der Waals surface area contributed by atoms with Crippen LogP contribution in [0.1, 0.15) is 13.8 Å². The van der Waals surface area contributed by atoms with Crippen molar-refractivity contribution in [3.63, 3.8) is 0 Å². The first-order valence-corrected chi connectivity index (χ1v) is 6.34. The Morgan fingerprint density at radius 3 is 2.39 bits per heavy atom. The molecule has 1 aromatic rings. The van der Waals surface area contributed by atoms with E-state index >= 15 is 0 Å². The fourth-order valence-electron chi connectivity index (χ4n) is 1.50. The van der Waals surface area contributed by atoms with E-state index in [-0.39, 0.29) is 12.6 Å². The van der Waals surface area contributed by atoms with Gasteiger partial charge in [-0.1, -0.05) is 12.1 Å². The lowest BCUT2D eigenvalue weighted by molar-refractivity contribution is 0.138. The summed E-state index contributed by atoms with van der Waals surface area (Å²) in [5.41, 5.74) is 0. The van der Waals surface area contributed by atoms with Crippen LogP contribution in [0.25, 0.3) is 0 Å². The number of nitrogens with zero attached hydrogens (tertiary/aromatic N) is 1. The Morgan fingerprint density at radius 2 is 1.83 bits per heavy atom. The van der Waals surface area contributed by atoms with Gasteiger partial charge in [0.15, 0.2) is 11.5 Å². The summed E-state index contributed by atoms with van der Waals surface area (Å²) in [6.45, 7) is 6.06. The first kappa shape index (κ1) is 14.8. The summed E-state index contributed by atoms with van der Waals surface area (Å²) in [6.07, 6.45) is 0. The second-order valence-electron chi connectivity index (χ2n) is 4.24. The van der Waals surface area contributed by atoms with Crippen LogP contribution in [0.4, 0.5) is 0 Å². The van der Waals surface area contributed by atoms with Gasteiger partial charge in [0.2, 0.25) is 0 Å². The third-order valence-corrected chi connectivity index (χ3v) is 2.87. The predicted octanol–water partition coefficient (Wildman–Crippen LogP) is 1.78. The number of aliphatic hydroxyl groups excluding tert-OH is 1. The van der Waals surface area contributed by atoms with Crippen LogP contribution in [-0.4, -0.2) is 49.5 Å². The summed E-state index contributed by atoms with van der Waals surface area (Å²) in [4.78, 5) is 2.06. The van der Waals surface area contributed by atoms with Crippen molar-refractivity contribution in [3.8, 4) is 11.5 Å². The second-order valence-corrected chi connectivity index (χ2v) is 4.24. The van der Waals surface area contributed by atoms with E-state index in [4.69, 9.17) is 14.6 Å². The minimum atomic E-state index is 0.149. The van der Waals surface area contributed by atoms with Crippen molar-refractivity contribution < 1.29 is 14.6 Å². The molecule has 0 aliphatic carbocycles. The van der Waals surface area contributed by atoms with Crippen molar-refractivity contribution in [2.24, 2.45) is 0 Å². The molecule has 0 aromatic heterocycles. The van der Waals surface area contributed by atoms with Gasteiger partial charge in [-0.25, -0.2) is 0 Å². The SMILES string of the molecule is CCOc1ccccc1OCCN(C)C(C)CO. The molecular weight excluding hydrogens is 230 g/mol. The van der Waals surface area contributed by atoms with E-state index < -0.39 is 0 Å². The van der Waals surface area contributed by atoms with Gasteiger partial charge in [0.25, 0.3) is 0 Å². The normalized spacial score (nSPS) is 12.5. The highest BCUT2D eigenvalue weighted by atomic mass is 16.5. The van der Waals surface area contributed by atoms with Gasteiger partial charge in [0, 0.05) is 12.6 Å². The zero-order valence-corrected chi connectivity index (χ0v) is 11.4. The Bertz CT molecular complexity index is 344. The lowest BCUT2D eigenvalue weighted by Crippen LogP contribution is -2.35. The van der Waals surface area contributed by atoms with Crippen molar-refractivity contribution >= 4 is 0 Å². The molecule has 0 aliphatic rings. The number of ether oxygens (including phenoxy) is 2. The molecule has 1 aromatic carbocycles. The van der Waals surface area contributed by atoms with E-state index in [1.165, 1.54) is 0 Å². The van der Waals surface area contributed by atoms with Gasteiger partial charge in [-0.05, 0) is 33.0 Å². The van der Waals surface area contributed by atoms with E-state index in [0.29, 0.717) is 13.2 Å². The Labute approximate surface area is 109 Å². The standard InChI is InChI=1S/C14H23NO3/c1-4-17-13-7-5-6-8-14(13)18-10-9-15(3)12(2)11-16/h5-8,12,16H,4,9-11H2,1-3H3. The summed E-state index contributed by atoms with van der Waals surface area (Å²) in [5.74, 6) is 1.54. The number of hydrogen-bond donors (Lipinski definition) is 1. The van der Waals surface area contributed by atoms with Crippen LogP contribution >= 0.6 is 0 Å². The van der Waals surface area contributed by atoms with Crippen molar-refractivity contribution in [1.29, 1.82) is 0 Å². The third-order valence-electron chi connectivity index (χ3n) is 2.87. The van der Waals surface area contributed by atoms with Crippen molar-refractivity contribution in [3.05, 3.63) is 24.3 Å². The summed E-state index contributed by atoms with van der Waals surface area (Å²) in [7, 11) is 1.97. The van der Waals surface area contributed by atoms with Crippen LogP contribution in [0.2, 0.25) is 0 Å². The zero-order valence-electron chi connectivity index (χ0n) is 11.4. The molecule has 0 amide bonds. The Kier molecular flexibility index (Phi) is 6.54. The molecule has 4 heteroatoms. The summed E-state index contributed by atoms with van der Waals surface area (Å²) in [5, 5.41) is 9.03. The number of benzene rings is 1. The molecule has 0 heterocycles. The van der Waals surface area contributed by atoms with Crippen LogP contribution in [0, 0.1) is 0 Å². The molecule has 4 nitrogen and oxygen atoms in total. The van der Waals surface area contributed by atoms with Gasteiger partial charge in [-0.15, -0.1) is 0 Å². The number of hydrogen-bond acceptors (Lipinski definition) is 4. The molecule has 0 spiro atoms. The minimum Gasteiger partial charge on any atom is -0.490 e. The van der Waals surface area contributed by atoms with E-state index in [0.717, 1.165) is 18.0 Å². The quantitative estimate of drug-likeness (QED) is 0.767. The minimum absolute atomic E-state index is 0.149. The topological polar surface area (TPSA) is 41.9 Å². The van der Waals surface area contributed by atoms with E-state index in [1.54, 1.807) is 0 Å². The Hall–Kier alpha value is -1.26. The number of aliphatic hydroxyl groups is 1. The monoisotopic (exact) mass is 253 g/mol. The maximum Gasteiger partial charge on any atom is 0.161 e. The van der Waals surface area contributed by atoms with Gasteiger partial charge >= 0.3 is 0 Å². The van der Waals surface area contributed by atoms with Gasteiger partial charge in [0.1, 0.15) is 6.61 Å². The number of likely N-dealkylation sites (N-methyl/N-ethyl adjacent to an activating group) is 1. The number of para-hydroxylation sites is 2. The van der Waals surface area contributed by atoms with Gasteiger partial charge < -0.3 is 14.6 Å². The summed E-state index contributed by atoms with van der Waals surface area (Å²) in [6, 6.07) is 7.81. The lowest BCUT2D eigenvalue weighted by Gasteiger charge is -2.22. The van der Waals surface area contributed by atoms with Crippen molar-refractivity contribution in [2.75, 3.05) is 33.4 Å². The predicted molar refractivity (Wildman–Crippen MR) is 72.3 cm³/mol. The third kappa shape index (κ3) is 4.55. The Balaban J connectivity index is 2.43. The van der Waals surface area contributed by atoms with Gasteiger partial charge in [0.05, 0.1) is 13.2 Å². The molecule has 0 fully saturated rings. The molecule has 1 unspecified atom stereocenters. The number of rotatable bonds is 8. The molecule has 1 rings (SSSR count). The average Bonchev–Trinajstić information content (AvgIpc) is 2.40. The van der Waals surface area contributed by atoms with E-state index in [2.05, 4.69) is 4.90 Å². The average molecular weight is 253 g/mol. The van der Waals surface area contributed by atoms with Crippen molar-refractivity contribution in [2.45, 2.75) is 19.9 Å². The van der Waals surface area contributed by atoms with Crippen LogP contribution in [-0.2, 0) is 0 Å². The first-order chi connectivity index (χ1) is 8.69. The molecule has 0 saturated heterocycles. The smallest absolute Gasteiger partial charge is 0.161 e. The highest BCUT2D eigenvalue weighted by Gasteiger charge is 2.08. The van der Waals surface area contributed by atoms with Crippen LogP contribution in [0.5, 0.6) is 11.5 Å². The molecule has 0 aliphatic heterocycles. The van der Waals surface area contributed by atoms with Crippen LogP contribution in [0.3, 0.4) is 0 Å². The molecule has 0 bridgehead atoms. The molecule has 1 N–H and O–H groups in total. The maximum absolute atomic E-state index is 9.03. The summed E-state index contributed by atoms with van der Waals surface area (Å²) < 4.78 is 11.2. The summed E-state index contributed by atoms with van der Waals surface area (Å²) >= 11 is 0. The maximum atomic E-state index is 9.03. The molecule has 0 saturated carbocycles. The fourth-order valence-corrected chi connectivity index (χ4v) is 1.50. The highest BCUT2D eigenvalue weighted by molar-refractivity contribution is 5.39. The van der Waals surface area contributed by atoms with Crippen LogP contribution in [0.15, 0.2) is 24.3 Å². The lowest BCUT2D eigenvalue weighted by atomic mass is 10.3. The molecule has 0 radical (unpaired) electrons. The van der Waals surface area contributed by atoms with Crippen LogP contribution < -0.4 is 9.47 Å². The largest absolute Gasteiger partial charge is 0.490 e. The molecular formula is C14H23NO3. The molecule has 102 valence electrons. The molecule has 1 atom stereocenters. The fraction of sp³-hybridized carbons (Fsp3) is 0.571. The molecule has 18 heavy (non-hydrogen) atoms. The Morgan fingerprint density at radius 1 is 1.22 bits per heavy atom. The van der Waals surface area contributed by atoms with Crippen molar-refractivity contribution in [1.82, 2.24) is 4.90 Å².